The van der Waals surface area contributed by atoms with Gasteiger partial charge in [0, 0.05) is 35.1 Å². The van der Waals surface area contributed by atoms with Crippen molar-refractivity contribution < 1.29 is 4.79 Å². The predicted octanol–water partition coefficient (Wildman–Crippen LogP) is 5.52. The van der Waals surface area contributed by atoms with Crippen LogP contribution in [0.4, 0.5) is 11.4 Å². The van der Waals surface area contributed by atoms with Crippen LogP contribution in [0.5, 0.6) is 0 Å². The highest BCUT2D eigenvalue weighted by Gasteiger charge is 2.44. The fourth-order valence-corrected chi connectivity index (χ4v) is 6.10. The van der Waals surface area contributed by atoms with Gasteiger partial charge in [-0.15, -0.1) is 0 Å². The first-order valence-corrected chi connectivity index (χ1v) is 13.1. The summed E-state index contributed by atoms with van der Waals surface area (Å²) in [6, 6.07) is 14.5. The van der Waals surface area contributed by atoms with Crippen LogP contribution >= 0.6 is 11.6 Å². The van der Waals surface area contributed by atoms with Gasteiger partial charge in [-0.05, 0) is 99.6 Å². The molecule has 0 aliphatic carbocycles. The first-order valence-electron chi connectivity index (χ1n) is 12.7. The third-order valence-corrected chi connectivity index (χ3v) is 8.15. The highest BCUT2D eigenvalue weighted by atomic mass is 35.5. The molecule has 0 bridgehead atoms. The Morgan fingerprint density at radius 3 is 2.53 bits per heavy atom. The van der Waals surface area contributed by atoms with Crippen molar-refractivity contribution in [3.8, 4) is 0 Å². The summed E-state index contributed by atoms with van der Waals surface area (Å²) in [4.78, 5) is 17.4. The van der Waals surface area contributed by atoms with Crippen LogP contribution in [0.15, 0.2) is 42.5 Å². The lowest BCUT2D eigenvalue weighted by Gasteiger charge is -2.48. The van der Waals surface area contributed by atoms with Gasteiger partial charge in [0.2, 0.25) is 5.91 Å². The Hall–Kier alpha value is -2.34. The molecule has 5 rings (SSSR count). The normalized spacial score (nSPS) is 20.4. The first kappa shape index (κ1) is 23.4. The van der Waals surface area contributed by atoms with Crippen LogP contribution in [-0.2, 0) is 4.79 Å². The molecule has 6 heteroatoms. The number of nitrogens with two attached hydrogens (primary N) is 1. The summed E-state index contributed by atoms with van der Waals surface area (Å²) in [7, 11) is 0. The summed E-state index contributed by atoms with van der Waals surface area (Å²) < 4.78 is 0. The molecule has 180 valence electrons. The zero-order chi connectivity index (χ0) is 23.5. The van der Waals surface area contributed by atoms with Crippen molar-refractivity contribution in [2.24, 2.45) is 5.73 Å². The van der Waals surface area contributed by atoms with E-state index in [1.54, 1.807) is 0 Å². The van der Waals surface area contributed by atoms with Gasteiger partial charge < -0.3 is 16.0 Å². The molecule has 1 amide bonds. The van der Waals surface area contributed by atoms with Crippen LogP contribution in [-0.4, -0.2) is 54.0 Å². The SMILES string of the molecule is NC(=O)C1(N2CCCCC2)CCN(CCCC2=Cc3ccccc3Nc3ccc(Cl)cc32)CC1. The molecule has 2 saturated heterocycles. The first-order chi connectivity index (χ1) is 16.5. The standard InChI is InChI=1S/C28H35ClN4O/c29-23-10-11-26-24(20-23)21(19-22-7-2-3-9-25(22)31-26)8-6-14-32-17-12-28(13-18-32,27(30)34)33-15-4-1-5-16-33/h2-3,7,9-11,19-20,31H,1,4-6,8,12-18H2,(H2,30,34). The fraction of sp³-hybridized carbons (Fsp3) is 0.464. The molecule has 0 spiro atoms. The minimum Gasteiger partial charge on any atom is -0.368 e. The molecule has 0 aromatic heterocycles. The van der Waals surface area contributed by atoms with Crippen molar-refractivity contribution in [2.75, 3.05) is 38.0 Å². The van der Waals surface area contributed by atoms with Gasteiger partial charge in [-0.2, -0.15) is 0 Å². The predicted molar refractivity (Wildman–Crippen MR) is 141 cm³/mol. The summed E-state index contributed by atoms with van der Waals surface area (Å²) in [5.74, 6) is -0.127. The number of anilines is 2. The molecule has 0 unspecified atom stereocenters. The molecule has 2 aromatic rings. The van der Waals surface area contributed by atoms with E-state index in [0.29, 0.717) is 0 Å². The summed E-state index contributed by atoms with van der Waals surface area (Å²) in [5.41, 5.74) is 11.4. The van der Waals surface area contributed by atoms with Crippen molar-refractivity contribution in [1.29, 1.82) is 0 Å². The van der Waals surface area contributed by atoms with Gasteiger partial charge >= 0.3 is 0 Å². The number of piperidine rings is 2. The number of benzene rings is 2. The second kappa shape index (κ2) is 10.1. The Morgan fingerprint density at radius 1 is 1.00 bits per heavy atom. The Bertz CT molecular complexity index is 1070. The van der Waals surface area contributed by atoms with Gasteiger partial charge in [0.15, 0.2) is 0 Å². The van der Waals surface area contributed by atoms with Crippen LogP contribution in [0.3, 0.4) is 0 Å². The minimum absolute atomic E-state index is 0.127. The molecule has 2 fully saturated rings. The fourth-order valence-electron chi connectivity index (χ4n) is 5.93. The second-order valence-corrected chi connectivity index (χ2v) is 10.4. The van der Waals surface area contributed by atoms with Crippen molar-refractivity contribution >= 4 is 40.5 Å². The van der Waals surface area contributed by atoms with E-state index in [2.05, 4.69) is 57.6 Å². The Balaban J connectivity index is 1.24. The van der Waals surface area contributed by atoms with Gasteiger partial charge in [-0.3, -0.25) is 9.69 Å². The number of fused-ring (bicyclic) bond motifs is 2. The van der Waals surface area contributed by atoms with Crippen LogP contribution < -0.4 is 11.1 Å². The van der Waals surface area contributed by atoms with E-state index in [0.717, 1.165) is 74.8 Å². The molecule has 0 atom stereocenters. The molecule has 2 aromatic carbocycles. The Kier molecular flexibility index (Phi) is 6.96. The van der Waals surface area contributed by atoms with E-state index in [4.69, 9.17) is 17.3 Å². The average molecular weight is 479 g/mol. The number of hydrogen-bond acceptors (Lipinski definition) is 4. The van der Waals surface area contributed by atoms with Crippen molar-refractivity contribution in [2.45, 2.75) is 50.5 Å². The van der Waals surface area contributed by atoms with Crippen molar-refractivity contribution in [1.82, 2.24) is 9.80 Å². The number of nitrogens with zero attached hydrogens (tertiary/aromatic N) is 2. The van der Waals surface area contributed by atoms with Crippen LogP contribution in [0.25, 0.3) is 11.6 Å². The topological polar surface area (TPSA) is 61.6 Å². The van der Waals surface area contributed by atoms with Crippen LogP contribution in [0.1, 0.15) is 56.1 Å². The summed E-state index contributed by atoms with van der Waals surface area (Å²) in [6.45, 7) is 4.91. The van der Waals surface area contributed by atoms with E-state index in [1.165, 1.54) is 36.0 Å². The molecule has 3 aliphatic heterocycles. The van der Waals surface area contributed by atoms with Gasteiger partial charge in [0.05, 0.1) is 0 Å². The third-order valence-electron chi connectivity index (χ3n) is 7.91. The van der Waals surface area contributed by atoms with E-state index in [9.17, 15) is 4.79 Å². The van der Waals surface area contributed by atoms with Crippen molar-refractivity contribution in [3.05, 3.63) is 58.6 Å². The number of carbonyl (C=O) groups excluding carboxylic acids is 1. The molecular weight excluding hydrogens is 444 g/mol. The maximum absolute atomic E-state index is 12.5. The van der Waals surface area contributed by atoms with Crippen molar-refractivity contribution in [3.63, 3.8) is 0 Å². The molecule has 0 saturated carbocycles. The lowest BCUT2D eigenvalue weighted by molar-refractivity contribution is -0.134. The number of amides is 1. The zero-order valence-corrected chi connectivity index (χ0v) is 20.6. The van der Waals surface area contributed by atoms with E-state index >= 15 is 0 Å². The molecular formula is C28H35ClN4O. The third kappa shape index (κ3) is 4.74. The maximum Gasteiger partial charge on any atom is 0.238 e. The summed E-state index contributed by atoms with van der Waals surface area (Å²) in [6.07, 6.45) is 9.66. The van der Waals surface area contributed by atoms with Gasteiger partial charge in [-0.25, -0.2) is 0 Å². The summed E-state index contributed by atoms with van der Waals surface area (Å²) >= 11 is 6.37. The number of carbonyl (C=O) groups is 1. The molecule has 3 aliphatic rings. The minimum atomic E-state index is -0.439. The molecule has 3 heterocycles. The zero-order valence-electron chi connectivity index (χ0n) is 19.9. The Labute approximate surface area is 207 Å². The maximum atomic E-state index is 12.5. The number of nitrogens with one attached hydrogen (secondary N) is 1. The molecule has 3 N–H and O–H groups in total. The van der Waals surface area contributed by atoms with Gasteiger partial charge in [0.25, 0.3) is 0 Å². The van der Waals surface area contributed by atoms with Gasteiger partial charge in [-0.1, -0.05) is 36.2 Å². The van der Waals surface area contributed by atoms with E-state index < -0.39 is 5.54 Å². The number of primary amides is 1. The molecule has 5 nitrogen and oxygen atoms in total. The lowest BCUT2D eigenvalue weighted by atomic mass is 9.83. The summed E-state index contributed by atoms with van der Waals surface area (Å²) in [5, 5.41) is 4.34. The highest BCUT2D eigenvalue weighted by Crippen LogP contribution is 2.38. The number of allylic oxidation sites excluding steroid dienone is 1. The number of halogens is 1. The number of likely N-dealkylation sites (tertiary alicyclic amines) is 2. The number of hydrogen-bond donors (Lipinski definition) is 2. The lowest BCUT2D eigenvalue weighted by Crippen LogP contribution is -2.63. The van der Waals surface area contributed by atoms with Gasteiger partial charge in [0.1, 0.15) is 5.54 Å². The van der Waals surface area contributed by atoms with E-state index in [1.807, 2.05) is 6.07 Å². The second-order valence-electron chi connectivity index (χ2n) is 9.96. The highest BCUT2D eigenvalue weighted by molar-refractivity contribution is 6.31. The quantitative estimate of drug-likeness (QED) is 0.573. The molecule has 0 radical (unpaired) electrons. The smallest absolute Gasteiger partial charge is 0.238 e. The average Bonchev–Trinajstić information content (AvgIpc) is 3.01. The monoisotopic (exact) mass is 478 g/mol. The number of rotatable bonds is 6. The molecule has 34 heavy (non-hydrogen) atoms. The van der Waals surface area contributed by atoms with Crippen LogP contribution in [0.2, 0.25) is 5.02 Å². The Morgan fingerprint density at radius 2 is 1.76 bits per heavy atom. The number of para-hydroxylation sites is 1. The van der Waals surface area contributed by atoms with Crippen LogP contribution in [0, 0.1) is 0 Å². The van der Waals surface area contributed by atoms with E-state index in [-0.39, 0.29) is 5.91 Å². The largest absolute Gasteiger partial charge is 0.368 e.